The number of aryl methyl sites for hydroxylation is 2. The predicted octanol–water partition coefficient (Wildman–Crippen LogP) is 4.78. The zero-order valence-electron chi connectivity index (χ0n) is 12.0. The molecule has 1 aromatic carbocycles. The third-order valence-electron chi connectivity index (χ3n) is 3.22. The van der Waals surface area contributed by atoms with Crippen LogP contribution in [0.2, 0.25) is 0 Å². The molecule has 1 heterocycles. The van der Waals surface area contributed by atoms with Crippen molar-refractivity contribution in [3.8, 4) is 0 Å². The van der Waals surface area contributed by atoms with E-state index in [1.54, 1.807) is 0 Å². The van der Waals surface area contributed by atoms with Gasteiger partial charge in [0.1, 0.15) is 0 Å². The summed E-state index contributed by atoms with van der Waals surface area (Å²) in [5.74, 6) is 0. The zero-order chi connectivity index (χ0) is 13.8. The number of anilines is 2. The first-order chi connectivity index (χ1) is 9.11. The molecule has 0 spiro atoms. The highest BCUT2D eigenvalue weighted by Crippen LogP contribution is 2.25. The number of hydrogen-bond acceptors (Lipinski definition) is 2. The van der Waals surface area contributed by atoms with Crippen molar-refractivity contribution >= 4 is 17.5 Å². The summed E-state index contributed by atoms with van der Waals surface area (Å²) in [6.45, 7) is 8.33. The summed E-state index contributed by atoms with van der Waals surface area (Å²) in [5.41, 5.74) is 6.96. The quantitative estimate of drug-likeness (QED) is 0.850. The molecule has 2 aromatic rings. The van der Waals surface area contributed by atoms with Gasteiger partial charge in [0.25, 0.3) is 0 Å². The molecular formula is C17H20N2. The molecule has 0 fully saturated rings. The predicted molar refractivity (Wildman–Crippen MR) is 82.9 cm³/mol. The van der Waals surface area contributed by atoms with Gasteiger partial charge in [-0.15, -0.1) is 0 Å². The highest BCUT2D eigenvalue weighted by molar-refractivity contribution is 5.69. The van der Waals surface area contributed by atoms with Gasteiger partial charge in [-0.25, -0.2) is 0 Å². The molecule has 2 rings (SSSR count). The molecule has 0 saturated heterocycles. The van der Waals surface area contributed by atoms with E-state index in [1.807, 2.05) is 31.3 Å². The third-order valence-corrected chi connectivity index (χ3v) is 3.22. The SMILES string of the molecule is C/C=C\c1nccc(Nc2ccc(C)cc2C)c1C. The second-order valence-electron chi connectivity index (χ2n) is 4.81. The van der Waals surface area contributed by atoms with E-state index < -0.39 is 0 Å². The van der Waals surface area contributed by atoms with Crippen LogP contribution in [0, 0.1) is 20.8 Å². The lowest BCUT2D eigenvalue weighted by atomic mass is 10.1. The summed E-state index contributed by atoms with van der Waals surface area (Å²) in [6.07, 6.45) is 5.88. The average Bonchev–Trinajstić information content (AvgIpc) is 2.37. The first-order valence-corrected chi connectivity index (χ1v) is 6.54. The maximum absolute atomic E-state index is 4.38. The molecule has 0 atom stereocenters. The highest BCUT2D eigenvalue weighted by atomic mass is 14.9. The van der Waals surface area contributed by atoms with Crippen molar-refractivity contribution in [3.05, 3.63) is 58.9 Å². The zero-order valence-corrected chi connectivity index (χ0v) is 12.0. The maximum Gasteiger partial charge on any atom is 0.0676 e. The number of nitrogens with zero attached hydrogens (tertiary/aromatic N) is 1. The van der Waals surface area contributed by atoms with Crippen molar-refractivity contribution in [2.75, 3.05) is 5.32 Å². The third kappa shape index (κ3) is 3.02. The monoisotopic (exact) mass is 252 g/mol. The van der Waals surface area contributed by atoms with Crippen molar-refractivity contribution in [3.63, 3.8) is 0 Å². The summed E-state index contributed by atoms with van der Waals surface area (Å²) < 4.78 is 0. The van der Waals surface area contributed by atoms with E-state index in [0.29, 0.717) is 0 Å². The first-order valence-electron chi connectivity index (χ1n) is 6.54. The lowest BCUT2D eigenvalue weighted by Gasteiger charge is -2.13. The lowest BCUT2D eigenvalue weighted by Crippen LogP contribution is -1.98. The molecule has 2 nitrogen and oxygen atoms in total. The van der Waals surface area contributed by atoms with Gasteiger partial charge in [0.2, 0.25) is 0 Å². The Morgan fingerprint density at radius 3 is 2.53 bits per heavy atom. The van der Waals surface area contributed by atoms with E-state index in [-0.39, 0.29) is 0 Å². The highest BCUT2D eigenvalue weighted by Gasteiger charge is 2.05. The number of allylic oxidation sites excluding steroid dienone is 1. The molecule has 1 N–H and O–H groups in total. The fourth-order valence-electron chi connectivity index (χ4n) is 2.11. The number of pyridine rings is 1. The summed E-state index contributed by atoms with van der Waals surface area (Å²) in [7, 11) is 0. The van der Waals surface area contributed by atoms with Gasteiger partial charge in [-0.3, -0.25) is 4.98 Å². The number of aromatic nitrogens is 1. The van der Waals surface area contributed by atoms with Crippen LogP contribution < -0.4 is 5.32 Å². The number of benzene rings is 1. The lowest BCUT2D eigenvalue weighted by molar-refractivity contribution is 1.23. The molecule has 98 valence electrons. The summed E-state index contributed by atoms with van der Waals surface area (Å²) in [4.78, 5) is 4.38. The van der Waals surface area contributed by atoms with Crippen molar-refractivity contribution in [2.24, 2.45) is 0 Å². The molecule has 0 amide bonds. The van der Waals surface area contributed by atoms with E-state index in [9.17, 15) is 0 Å². The molecule has 0 aliphatic heterocycles. The molecule has 0 unspecified atom stereocenters. The van der Waals surface area contributed by atoms with Crippen LogP contribution in [0.3, 0.4) is 0 Å². The Labute approximate surface area is 115 Å². The van der Waals surface area contributed by atoms with Crippen LogP contribution in [-0.2, 0) is 0 Å². The minimum atomic E-state index is 1.01. The van der Waals surface area contributed by atoms with Crippen LogP contribution in [0.25, 0.3) is 6.08 Å². The van der Waals surface area contributed by atoms with E-state index >= 15 is 0 Å². The van der Waals surface area contributed by atoms with Gasteiger partial charge in [0.05, 0.1) is 5.69 Å². The molecule has 0 radical (unpaired) electrons. The summed E-state index contributed by atoms with van der Waals surface area (Å²) in [6, 6.07) is 8.45. The Morgan fingerprint density at radius 1 is 1.05 bits per heavy atom. The topological polar surface area (TPSA) is 24.9 Å². The van der Waals surface area contributed by atoms with Crippen molar-refractivity contribution < 1.29 is 0 Å². The molecule has 0 saturated carbocycles. The van der Waals surface area contributed by atoms with Crippen LogP contribution in [0.1, 0.15) is 29.3 Å². The number of hydrogen-bond donors (Lipinski definition) is 1. The first kappa shape index (κ1) is 13.3. The fraction of sp³-hybridized carbons (Fsp3) is 0.235. The van der Waals surface area contributed by atoms with E-state index in [0.717, 1.165) is 17.1 Å². The van der Waals surface area contributed by atoms with Gasteiger partial charge < -0.3 is 5.32 Å². The van der Waals surface area contributed by atoms with Gasteiger partial charge in [0.15, 0.2) is 0 Å². The largest absolute Gasteiger partial charge is 0.355 e. The van der Waals surface area contributed by atoms with Crippen LogP contribution in [0.5, 0.6) is 0 Å². The Morgan fingerprint density at radius 2 is 1.84 bits per heavy atom. The Kier molecular flexibility index (Phi) is 4.00. The maximum atomic E-state index is 4.38. The van der Waals surface area contributed by atoms with Gasteiger partial charge in [0, 0.05) is 17.6 Å². The molecular weight excluding hydrogens is 232 g/mol. The van der Waals surface area contributed by atoms with Crippen LogP contribution in [0.15, 0.2) is 36.5 Å². The average molecular weight is 252 g/mol. The van der Waals surface area contributed by atoms with E-state index in [2.05, 4.69) is 49.3 Å². The molecule has 1 aromatic heterocycles. The minimum Gasteiger partial charge on any atom is -0.355 e. The van der Waals surface area contributed by atoms with E-state index in [4.69, 9.17) is 0 Å². The summed E-state index contributed by atoms with van der Waals surface area (Å²) in [5, 5.41) is 3.49. The normalized spacial score (nSPS) is 10.9. The van der Waals surface area contributed by atoms with Crippen LogP contribution in [-0.4, -0.2) is 4.98 Å². The molecule has 0 aliphatic rings. The van der Waals surface area contributed by atoms with Crippen LogP contribution >= 0.6 is 0 Å². The van der Waals surface area contributed by atoms with Gasteiger partial charge in [-0.2, -0.15) is 0 Å². The van der Waals surface area contributed by atoms with Crippen molar-refractivity contribution in [2.45, 2.75) is 27.7 Å². The van der Waals surface area contributed by atoms with Gasteiger partial charge in [-0.1, -0.05) is 23.8 Å². The minimum absolute atomic E-state index is 1.01. The Balaban J connectivity index is 2.35. The standard InChI is InChI=1S/C17H20N2/c1-5-6-16-14(4)17(9-10-18-16)19-15-8-7-12(2)11-13(15)3/h5-11H,1-4H3,(H,18,19)/b6-5-. The van der Waals surface area contributed by atoms with Crippen molar-refractivity contribution in [1.29, 1.82) is 0 Å². The molecule has 0 bridgehead atoms. The molecule has 2 heteroatoms. The van der Waals surface area contributed by atoms with Crippen molar-refractivity contribution in [1.82, 2.24) is 4.98 Å². The van der Waals surface area contributed by atoms with Gasteiger partial charge >= 0.3 is 0 Å². The Hall–Kier alpha value is -2.09. The Bertz CT molecular complexity index is 613. The summed E-state index contributed by atoms with van der Waals surface area (Å²) >= 11 is 0. The number of rotatable bonds is 3. The smallest absolute Gasteiger partial charge is 0.0676 e. The van der Waals surface area contributed by atoms with Gasteiger partial charge in [-0.05, 0) is 57.0 Å². The fourth-order valence-corrected chi connectivity index (χ4v) is 2.11. The van der Waals surface area contributed by atoms with Crippen LogP contribution in [0.4, 0.5) is 11.4 Å². The number of nitrogens with one attached hydrogen (secondary N) is 1. The molecule has 19 heavy (non-hydrogen) atoms. The second kappa shape index (κ2) is 5.70. The van der Waals surface area contributed by atoms with E-state index in [1.165, 1.54) is 16.7 Å². The molecule has 0 aliphatic carbocycles. The second-order valence-corrected chi connectivity index (χ2v) is 4.81.